The van der Waals surface area contributed by atoms with Gasteiger partial charge in [-0.05, 0) is 49.9 Å². The molecular formula is C20H24Cl2N4O2. The van der Waals surface area contributed by atoms with E-state index >= 15 is 0 Å². The molecule has 0 aliphatic carbocycles. The molecule has 8 heteroatoms. The van der Waals surface area contributed by atoms with Crippen molar-refractivity contribution in [2.45, 2.75) is 38.0 Å². The number of likely N-dealkylation sites (tertiary alicyclic amines) is 1. The Morgan fingerprint density at radius 1 is 1.14 bits per heavy atom. The Morgan fingerprint density at radius 3 is 2.82 bits per heavy atom. The maximum absolute atomic E-state index is 6.39. The number of aromatic nitrogens is 3. The van der Waals surface area contributed by atoms with Gasteiger partial charge in [0.05, 0.1) is 29.5 Å². The predicted octanol–water partition coefficient (Wildman–Crippen LogP) is 3.82. The molecule has 5 rings (SSSR count). The Kier molecular flexibility index (Phi) is 5.32. The average molecular weight is 423 g/mol. The van der Waals surface area contributed by atoms with Crippen molar-refractivity contribution in [3.05, 3.63) is 33.9 Å². The van der Waals surface area contributed by atoms with Gasteiger partial charge in [-0.2, -0.15) is 0 Å². The molecule has 3 aliphatic rings. The molecule has 0 bridgehead atoms. The lowest BCUT2D eigenvalue weighted by Gasteiger charge is -2.26. The van der Waals surface area contributed by atoms with Crippen LogP contribution in [-0.2, 0) is 16.1 Å². The summed E-state index contributed by atoms with van der Waals surface area (Å²) in [4.78, 5) is 2.51. The first-order valence-corrected chi connectivity index (χ1v) is 10.8. The molecule has 1 aromatic carbocycles. The second kappa shape index (κ2) is 7.92. The van der Waals surface area contributed by atoms with Crippen molar-refractivity contribution in [3.8, 4) is 11.3 Å². The number of hydrogen-bond acceptors (Lipinski definition) is 5. The van der Waals surface area contributed by atoms with E-state index in [9.17, 15) is 0 Å². The molecule has 0 saturated carbocycles. The summed E-state index contributed by atoms with van der Waals surface area (Å²) < 4.78 is 13.7. The molecule has 0 N–H and O–H groups in total. The first kappa shape index (κ1) is 18.8. The van der Waals surface area contributed by atoms with Crippen molar-refractivity contribution in [1.29, 1.82) is 0 Å². The van der Waals surface area contributed by atoms with Gasteiger partial charge in [-0.1, -0.05) is 28.4 Å². The zero-order chi connectivity index (χ0) is 19.1. The van der Waals surface area contributed by atoms with Crippen LogP contribution in [0, 0.1) is 5.92 Å². The zero-order valence-corrected chi connectivity index (χ0v) is 17.2. The van der Waals surface area contributed by atoms with Crippen molar-refractivity contribution >= 4 is 23.2 Å². The summed E-state index contributed by atoms with van der Waals surface area (Å²) >= 11 is 12.4. The van der Waals surface area contributed by atoms with E-state index in [1.165, 1.54) is 19.3 Å². The third-order valence-electron chi connectivity index (χ3n) is 6.23. The summed E-state index contributed by atoms with van der Waals surface area (Å²) in [5.74, 6) is 0.790. The minimum Gasteiger partial charge on any atom is -0.381 e. The number of halogens is 2. The van der Waals surface area contributed by atoms with Gasteiger partial charge in [0.15, 0.2) is 0 Å². The second-order valence-corrected chi connectivity index (χ2v) is 8.82. The average Bonchev–Trinajstić information content (AvgIpc) is 3.31. The molecule has 4 heterocycles. The number of nitrogens with zero attached hydrogens (tertiary/aromatic N) is 4. The monoisotopic (exact) mass is 422 g/mol. The van der Waals surface area contributed by atoms with Crippen LogP contribution in [0.3, 0.4) is 0 Å². The summed E-state index contributed by atoms with van der Waals surface area (Å²) in [7, 11) is 0. The highest BCUT2D eigenvalue weighted by atomic mass is 35.5. The molecule has 3 aliphatic heterocycles. The lowest BCUT2D eigenvalue weighted by atomic mass is 9.96. The van der Waals surface area contributed by atoms with Crippen LogP contribution in [0.25, 0.3) is 11.3 Å². The molecule has 0 spiro atoms. The first-order chi connectivity index (χ1) is 13.7. The molecule has 150 valence electrons. The van der Waals surface area contributed by atoms with Gasteiger partial charge in [0.1, 0.15) is 5.69 Å². The molecule has 1 aromatic heterocycles. The van der Waals surface area contributed by atoms with Crippen LogP contribution in [0.2, 0.25) is 10.0 Å². The second-order valence-electron chi connectivity index (χ2n) is 7.97. The summed E-state index contributed by atoms with van der Waals surface area (Å²) in [5.41, 5.74) is 2.64. The molecule has 0 amide bonds. The molecule has 0 unspecified atom stereocenters. The van der Waals surface area contributed by atoms with Gasteiger partial charge in [-0.3, -0.25) is 4.90 Å². The third-order valence-corrected chi connectivity index (χ3v) is 6.78. The third kappa shape index (κ3) is 3.57. The van der Waals surface area contributed by atoms with Crippen molar-refractivity contribution in [2.75, 3.05) is 32.8 Å². The van der Waals surface area contributed by atoms with Crippen LogP contribution in [-0.4, -0.2) is 58.8 Å². The minimum atomic E-state index is 0.178. The Balaban J connectivity index is 1.30. The van der Waals surface area contributed by atoms with Crippen LogP contribution in [0.1, 0.15) is 31.0 Å². The lowest BCUT2D eigenvalue weighted by molar-refractivity contribution is -0.00504. The van der Waals surface area contributed by atoms with E-state index in [1.807, 2.05) is 12.1 Å². The fourth-order valence-electron chi connectivity index (χ4n) is 4.61. The highest BCUT2D eigenvalue weighted by molar-refractivity contribution is 6.36. The Bertz CT molecular complexity index is 853. The number of benzene rings is 1. The lowest BCUT2D eigenvalue weighted by Crippen LogP contribution is -2.32. The van der Waals surface area contributed by atoms with Crippen LogP contribution in [0.15, 0.2) is 18.2 Å². The Labute approximate surface area is 174 Å². The normalized spacial score (nSPS) is 25.6. The van der Waals surface area contributed by atoms with E-state index in [0.29, 0.717) is 16.7 Å². The quantitative estimate of drug-likeness (QED) is 0.749. The topological polar surface area (TPSA) is 52.4 Å². The smallest absolute Gasteiger partial charge is 0.120 e. The van der Waals surface area contributed by atoms with E-state index in [-0.39, 0.29) is 12.1 Å². The Hall–Kier alpha value is -1.18. The minimum absolute atomic E-state index is 0.178. The van der Waals surface area contributed by atoms with Gasteiger partial charge in [0.25, 0.3) is 0 Å². The summed E-state index contributed by atoms with van der Waals surface area (Å²) in [5, 5.41) is 10.1. The maximum atomic E-state index is 6.39. The number of rotatable bonds is 4. The molecule has 0 radical (unpaired) electrons. The summed E-state index contributed by atoms with van der Waals surface area (Å²) in [6, 6.07) is 5.68. The van der Waals surface area contributed by atoms with E-state index in [1.54, 1.807) is 6.07 Å². The van der Waals surface area contributed by atoms with Gasteiger partial charge in [-0.25, -0.2) is 4.68 Å². The SMILES string of the molecule is Clc1ccc(-c2nnn3c2CO[C@H]2CN(CCC4CCOCC4)C[C@@H]23)c(Cl)c1. The molecular weight excluding hydrogens is 399 g/mol. The van der Waals surface area contributed by atoms with Gasteiger partial charge < -0.3 is 9.47 Å². The fourth-order valence-corrected chi connectivity index (χ4v) is 5.10. The predicted molar refractivity (Wildman–Crippen MR) is 108 cm³/mol. The molecule has 2 saturated heterocycles. The van der Waals surface area contributed by atoms with E-state index < -0.39 is 0 Å². The van der Waals surface area contributed by atoms with Crippen LogP contribution < -0.4 is 0 Å². The van der Waals surface area contributed by atoms with Crippen molar-refractivity contribution in [2.24, 2.45) is 5.92 Å². The molecule has 6 nitrogen and oxygen atoms in total. The first-order valence-electron chi connectivity index (χ1n) is 10.00. The maximum Gasteiger partial charge on any atom is 0.120 e. The Morgan fingerprint density at radius 2 is 2.00 bits per heavy atom. The standard InChI is InChI=1S/C20H24Cl2N4O2/c21-14-1-2-15(16(22)9-14)20-18-12-28-19-11-25(10-17(19)26(18)24-23-20)6-3-13-4-7-27-8-5-13/h1-2,9,13,17,19H,3-8,10-12H2/t17-,19-/m0/s1. The van der Waals surface area contributed by atoms with Crippen LogP contribution in [0.5, 0.6) is 0 Å². The highest BCUT2D eigenvalue weighted by Gasteiger charge is 2.40. The van der Waals surface area contributed by atoms with E-state index in [0.717, 1.165) is 55.7 Å². The number of hydrogen-bond donors (Lipinski definition) is 0. The van der Waals surface area contributed by atoms with Crippen molar-refractivity contribution in [1.82, 2.24) is 19.9 Å². The van der Waals surface area contributed by atoms with E-state index in [4.69, 9.17) is 32.7 Å². The number of fused-ring (bicyclic) bond motifs is 3. The summed E-state index contributed by atoms with van der Waals surface area (Å²) in [6.45, 7) is 5.37. The fraction of sp³-hybridized carbons (Fsp3) is 0.600. The molecule has 2 atom stereocenters. The van der Waals surface area contributed by atoms with Crippen LogP contribution >= 0.6 is 23.2 Å². The zero-order valence-electron chi connectivity index (χ0n) is 15.7. The van der Waals surface area contributed by atoms with Gasteiger partial charge in [-0.15, -0.1) is 5.10 Å². The van der Waals surface area contributed by atoms with Gasteiger partial charge in [0, 0.05) is 36.9 Å². The highest BCUT2D eigenvalue weighted by Crippen LogP contribution is 2.37. The van der Waals surface area contributed by atoms with Crippen molar-refractivity contribution in [3.63, 3.8) is 0 Å². The number of ether oxygens (including phenoxy) is 2. The van der Waals surface area contributed by atoms with Crippen molar-refractivity contribution < 1.29 is 9.47 Å². The molecule has 2 fully saturated rings. The van der Waals surface area contributed by atoms with E-state index in [2.05, 4.69) is 19.9 Å². The van der Waals surface area contributed by atoms with Gasteiger partial charge >= 0.3 is 0 Å². The molecule has 2 aromatic rings. The largest absolute Gasteiger partial charge is 0.381 e. The summed E-state index contributed by atoms with van der Waals surface area (Å²) in [6.07, 6.45) is 3.79. The van der Waals surface area contributed by atoms with Gasteiger partial charge in [0.2, 0.25) is 0 Å². The molecule has 28 heavy (non-hydrogen) atoms. The van der Waals surface area contributed by atoms with Crippen LogP contribution in [0.4, 0.5) is 0 Å².